The Bertz CT molecular complexity index is 1160. The Hall–Kier alpha value is -3.35. The van der Waals surface area contributed by atoms with Gasteiger partial charge in [0.1, 0.15) is 18.1 Å². The molecule has 0 saturated carbocycles. The van der Waals surface area contributed by atoms with Crippen LogP contribution in [0.15, 0.2) is 48.5 Å². The van der Waals surface area contributed by atoms with Gasteiger partial charge in [0.05, 0.1) is 23.8 Å². The molecule has 2 aromatic carbocycles. The van der Waals surface area contributed by atoms with Crippen LogP contribution in [0.4, 0.5) is 5.69 Å². The lowest BCUT2D eigenvalue weighted by molar-refractivity contribution is -0.131. The van der Waals surface area contributed by atoms with E-state index in [9.17, 15) is 9.59 Å². The fourth-order valence-electron chi connectivity index (χ4n) is 5.09. The Morgan fingerprint density at radius 2 is 1.76 bits per heavy atom. The van der Waals surface area contributed by atoms with E-state index in [-0.39, 0.29) is 24.3 Å². The van der Waals surface area contributed by atoms with E-state index in [1.807, 2.05) is 58.0 Å². The molecule has 0 unspecified atom stereocenters. The van der Waals surface area contributed by atoms with E-state index >= 15 is 0 Å². The van der Waals surface area contributed by atoms with Gasteiger partial charge >= 0.3 is 0 Å². The molecule has 2 amide bonds. The monoisotopic (exact) mass is 446 g/mol. The van der Waals surface area contributed by atoms with Crippen LogP contribution in [0.2, 0.25) is 0 Å². The van der Waals surface area contributed by atoms with Gasteiger partial charge in [0, 0.05) is 32.0 Å². The molecule has 0 spiro atoms. The Morgan fingerprint density at radius 3 is 2.55 bits per heavy atom. The first-order valence-corrected chi connectivity index (χ1v) is 11.8. The maximum atomic E-state index is 13.2. The standard InChI is InChI=1S/C26H30N4O3/c1-33-23-13-7-6-12-22(23)29-17-19(16-24(29)31)26-27-20-10-4-5-11-21(20)30(26)18-25(32)28-14-8-2-3-9-15-28/h4-7,10-13,19H,2-3,8-9,14-18H2,1H3/t19-/m1/s1. The maximum Gasteiger partial charge on any atom is 0.242 e. The van der Waals surface area contributed by atoms with Crippen LogP contribution < -0.4 is 9.64 Å². The number of amides is 2. The minimum Gasteiger partial charge on any atom is -0.495 e. The molecule has 33 heavy (non-hydrogen) atoms. The predicted molar refractivity (Wildman–Crippen MR) is 127 cm³/mol. The number of anilines is 1. The summed E-state index contributed by atoms with van der Waals surface area (Å²) in [6.45, 7) is 2.42. The Kier molecular flexibility index (Phi) is 6.03. The molecule has 7 nitrogen and oxygen atoms in total. The molecule has 2 aliphatic heterocycles. The molecular weight excluding hydrogens is 416 g/mol. The van der Waals surface area contributed by atoms with Crippen molar-refractivity contribution in [1.29, 1.82) is 0 Å². The summed E-state index contributed by atoms with van der Waals surface area (Å²) in [6.07, 6.45) is 4.86. The number of methoxy groups -OCH3 is 1. The molecule has 3 heterocycles. The number of imidazole rings is 1. The minimum absolute atomic E-state index is 0.0435. The van der Waals surface area contributed by atoms with Gasteiger partial charge in [-0.3, -0.25) is 9.59 Å². The summed E-state index contributed by atoms with van der Waals surface area (Å²) in [7, 11) is 1.62. The average Bonchev–Trinajstić information content (AvgIpc) is 3.26. The minimum atomic E-state index is -0.0910. The van der Waals surface area contributed by atoms with Gasteiger partial charge in [-0.2, -0.15) is 0 Å². The second-order valence-corrected chi connectivity index (χ2v) is 8.92. The second kappa shape index (κ2) is 9.25. The van der Waals surface area contributed by atoms with Crippen molar-refractivity contribution >= 4 is 28.5 Å². The third-order valence-electron chi connectivity index (χ3n) is 6.80. The van der Waals surface area contributed by atoms with Crippen molar-refractivity contribution in [2.24, 2.45) is 0 Å². The van der Waals surface area contributed by atoms with Crippen molar-refractivity contribution < 1.29 is 14.3 Å². The van der Waals surface area contributed by atoms with Crippen LogP contribution >= 0.6 is 0 Å². The van der Waals surface area contributed by atoms with Crippen molar-refractivity contribution in [3.63, 3.8) is 0 Å². The molecule has 7 heteroatoms. The summed E-state index contributed by atoms with van der Waals surface area (Å²) >= 11 is 0. The van der Waals surface area contributed by atoms with Crippen molar-refractivity contribution in [2.75, 3.05) is 31.6 Å². The number of nitrogens with zero attached hydrogens (tertiary/aromatic N) is 4. The van der Waals surface area contributed by atoms with Crippen molar-refractivity contribution in [3.05, 3.63) is 54.4 Å². The number of para-hydroxylation sites is 4. The predicted octanol–water partition coefficient (Wildman–Crippen LogP) is 3.97. The number of carbonyl (C=O) groups excluding carboxylic acids is 2. The van der Waals surface area contributed by atoms with Gasteiger partial charge in [-0.15, -0.1) is 0 Å². The lowest BCUT2D eigenvalue weighted by atomic mass is 10.1. The van der Waals surface area contributed by atoms with Gasteiger partial charge in [-0.25, -0.2) is 4.98 Å². The van der Waals surface area contributed by atoms with Crippen LogP contribution in [0.25, 0.3) is 11.0 Å². The highest BCUT2D eigenvalue weighted by atomic mass is 16.5. The van der Waals surface area contributed by atoms with Gasteiger partial charge in [0.2, 0.25) is 11.8 Å². The summed E-state index contributed by atoms with van der Waals surface area (Å²) in [4.78, 5) is 34.9. The fourth-order valence-corrected chi connectivity index (χ4v) is 5.09. The molecule has 0 bridgehead atoms. The number of fused-ring (bicyclic) bond motifs is 1. The number of aromatic nitrogens is 2. The van der Waals surface area contributed by atoms with Crippen molar-refractivity contribution in [3.8, 4) is 5.75 Å². The molecule has 1 atom stereocenters. The van der Waals surface area contributed by atoms with E-state index in [2.05, 4.69) is 0 Å². The zero-order valence-corrected chi connectivity index (χ0v) is 19.1. The lowest BCUT2D eigenvalue weighted by Gasteiger charge is -2.22. The molecule has 1 aromatic heterocycles. The van der Waals surface area contributed by atoms with Gasteiger partial charge < -0.3 is 19.1 Å². The third-order valence-corrected chi connectivity index (χ3v) is 6.80. The van der Waals surface area contributed by atoms with E-state index < -0.39 is 0 Å². The fraction of sp³-hybridized carbons (Fsp3) is 0.423. The number of hydrogen-bond donors (Lipinski definition) is 0. The van der Waals surface area contributed by atoms with Gasteiger partial charge in [-0.1, -0.05) is 37.1 Å². The molecule has 2 aliphatic rings. The highest BCUT2D eigenvalue weighted by Gasteiger charge is 2.36. The van der Waals surface area contributed by atoms with E-state index in [1.165, 1.54) is 12.8 Å². The van der Waals surface area contributed by atoms with Crippen LogP contribution in [-0.2, 0) is 16.1 Å². The van der Waals surface area contributed by atoms with Crippen LogP contribution in [0.1, 0.15) is 43.8 Å². The molecule has 0 radical (unpaired) electrons. The molecule has 2 saturated heterocycles. The molecule has 2 fully saturated rings. The number of likely N-dealkylation sites (tertiary alicyclic amines) is 1. The number of ether oxygens (including phenoxy) is 1. The Morgan fingerprint density at radius 1 is 1.03 bits per heavy atom. The number of hydrogen-bond acceptors (Lipinski definition) is 4. The Balaban J connectivity index is 1.46. The van der Waals surface area contributed by atoms with E-state index in [4.69, 9.17) is 9.72 Å². The molecule has 0 aliphatic carbocycles. The van der Waals surface area contributed by atoms with Crippen LogP contribution in [0.5, 0.6) is 5.75 Å². The van der Waals surface area contributed by atoms with Gasteiger partial charge in [-0.05, 0) is 37.1 Å². The molecule has 172 valence electrons. The van der Waals surface area contributed by atoms with Crippen molar-refractivity contribution in [1.82, 2.24) is 14.5 Å². The molecule has 3 aromatic rings. The Labute approximate surface area is 193 Å². The number of carbonyl (C=O) groups is 2. The molecule has 0 N–H and O–H groups in total. The second-order valence-electron chi connectivity index (χ2n) is 8.92. The first-order valence-electron chi connectivity index (χ1n) is 11.8. The normalized spacial score (nSPS) is 19.2. The lowest BCUT2D eigenvalue weighted by Crippen LogP contribution is -2.35. The largest absolute Gasteiger partial charge is 0.495 e. The van der Waals surface area contributed by atoms with E-state index in [0.717, 1.165) is 48.5 Å². The smallest absolute Gasteiger partial charge is 0.242 e. The van der Waals surface area contributed by atoms with Gasteiger partial charge in [0.15, 0.2) is 0 Å². The van der Waals surface area contributed by atoms with Crippen LogP contribution in [0, 0.1) is 0 Å². The van der Waals surface area contributed by atoms with Crippen LogP contribution in [0.3, 0.4) is 0 Å². The highest BCUT2D eigenvalue weighted by molar-refractivity contribution is 5.98. The zero-order chi connectivity index (χ0) is 22.8. The summed E-state index contributed by atoms with van der Waals surface area (Å²) in [5.74, 6) is 1.57. The maximum absolute atomic E-state index is 13.2. The van der Waals surface area contributed by atoms with E-state index in [1.54, 1.807) is 12.0 Å². The highest BCUT2D eigenvalue weighted by Crippen LogP contribution is 2.37. The average molecular weight is 447 g/mol. The third kappa shape index (κ3) is 4.19. The summed E-state index contributed by atoms with van der Waals surface area (Å²) in [5, 5.41) is 0. The molecule has 5 rings (SSSR count). The number of rotatable bonds is 5. The van der Waals surface area contributed by atoms with Crippen molar-refractivity contribution in [2.45, 2.75) is 44.6 Å². The first-order chi connectivity index (χ1) is 16.2. The first kappa shape index (κ1) is 21.5. The SMILES string of the molecule is COc1ccccc1N1C[C@H](c2nc3ccccc3n2CC(=O)N2CCCCCC2)CC1=O. The summed E-state index contributed by atoms with van der Waals surface area (Å²) < 4.78 is 7.52. The topological polar surface area (TPSA) is 67.7 Å². The van der Waals surface area contributed by atoms with E-state index in [0.29, 0.717) is 18.7 Å². The quantitative estimate of drug-likeness (QED) is 0.595. The van der Waals surface area contributed by atoms with Crippen LogP contribution in [-0.4, -0.2) is 53.0 Å². The molecular formula is C26H30N4O3. The zero-order valence-electron chi connectivity index (χ0n) is 19.1. The summed E-state index contributed by atoms with van der Waals surface area (Å²) in [5.41, 5.74) is 2.58. The van der Waals surface area contributed by atoms with Gasteiger partial charge in [0.25, 0.3) is 0 Å². The number of benzene rings is 2. The summed E-state index contributed by atoms with van der Waals surface area (Å²) in [6, 6.07) is 15.5.